The molecule has 0 saturated heterocycles. The Balaban J connectivity index is 1.70. The van der Waals surface area contributed by atoms with Gasteiger partial charge < -0.3 is 0 Å². The Kier molecular flexibility index (Phi) is 4.01. The summed E-state index contributed by atoms with van der Waals surface area (Å²) in [4.78, 5) is 37.2. The van der Waals surface area contributed by atoms with Gasteiger partial charge in [0.1, 0.15) is 0 Å². The van der Waals surface area contributed by atoms with Crippen LogP contribution < -0.4 is 0 Å². The average molecular weight is 358 g/mol. The number of nitro groups is 1. The molecule has 6 nitrogen and oxygen atoms in total. The molecule has 1 heterocycles. The van der Waals surface area contributed by atoms with Crippen LogP contribution >= 0.6 is 0 Å². The summed E-state index contributed by atoms with van der Waals surface area (Å²) in [5.41, 5.74) is 2.40. The predicted molar refractivity (Wildman–Crippen MR) is 99.2 cm³/mol. The van der Waals surface area contributed by atoms with Gasteiger partial charge in [-0.05, 0) is 29.3 Å². The van der Waals surface area contributed by atoms with Crippen molar-refractivity contribution in [2.75, 3.05) is 0 Å². The van der Waals surface area contributed by atoms with Gasteiger partial charge in [-0.1, -0.05) is 48.5 Å². The predicted octanol–water partition coefficient (Wildman–Crippen LogP) is 4.06. The van der Waals surface area contributed by atoms with Gasteiger partial charge in [0.2, 0.25) is 0 Å². The molecule has 0 unspecified atom stereocenters. The van der Waals surface area contributed by atoms with Gasteiger partial charge in [0, 0.05) is 11.6 Å². The van der Waals surface area contributed by atoms with Crippen molar-refractivity contribution in [1.29, 1.82) is 0 Å². The molecule has 3 aromatic rings. The highest BCUT2D eigenvalue weighted by molar-refractivity contribution is 6.21. The summed E-state index contributed by atoms with van der Waals surface area (Å²) in [6, 6.07) is 20.7. The molecule has 27 heavy (non-hydrogen) atoms. The standard InChI is InChI=1S/C21H14N2O4/c24-20-17-8-4-5-9-18(17)21(25)22(20)13-16-11-10-15(12-19(16)23(26)27)14-6-2-1-3-7-14/h1-12H,13H2. The van der Waals surface area contributed by atoms with Gasteiger partial charge in [-0.25, -0.2) is 0 Å². The van der Waals surface area contributed by atoms with Gasteiger partial charge in [0.15, 0.2) is 0 Å². The van der Waals surface area contributed by atoms with Crippen LogP contribution in [0.5, 0.6) is 0 Å². The number of nitrogens with zero attached hydrogens (tertiary/aromatic N) is 2. The number of fused-ring (bicyclic) bond motifs is 1. The molecule has 6 heteroatoms. The lowest BCUT2D eigenvalue weighted by Crippen LogP contribution is -2.29. The van der Waals surface area contributed by atoms with Crippen molar-refractivity contribution in [2.24, 2.45) is 0 Å². The first kappa shape index (κ1) is 16.7. The minimum atomic E-state index is -0.486. The molecule has 132 valence electrons. The third kappa shape index (κ3) is 2.87. The average Bonchev–Trinajstić information content (AvgIpc) is 2.94. The molecule has 0 spiro atoms. The highest BCUT2D eigenvalue weighted by Gasteiger charge is 2.36. The van der Waals surface area contributed by atoms with Gasteiger partial charge in [-0.3, -0.25) is 24.6 Å². The highest BCUT2D eigenvalue weighted by Crippen LogP contribution is 2.30. The largest absolute Gasteiger partial charge is 0.275 e. The van der Waals surface area contributed by atoms with Crippen molar-refractivity contribution < 1.29 is 14.5 Å². The molecule has 0 saturated carbocycles. The molecule has 0 aliphatic carbocycles. The third-order valence-corrected chi connectivity index (χ3v) is 4.60. The summed E-state index contributed by atoms with van der Waals surface area (Å²) in [6.45, 7) is -0.141. The van der Waals surface area contributed by atoms with Crippen molar-refractivity contribution in [3.8, 4) is 11.1 Å². The summed E-state index contributed by atoms with van der Waals surface area (Å²) < 4.78 is 0. The van der Waals surface area contributed by atoms with Gasteiger partial charge >= 0.3 is 0 Å². The van der Waals surface area contributed by atoms with Crippen LogP contribution in [0.15, 0.2) is 72.8 Å². The molecule has 0 radical (unpaired) electrons. The summed E-state index contributed by atoms with van der Waals surface area (Å²) in [6.07, 6.45) is 0. The molecule has 3 aromatic carbocycles. The second kappa shape index (κ2) is 6.49. The number of amides is 2. The van der Waals surface area contributed by atoms with Crippen LogP contribution in [-0.2, 0) is 6.54 Å². The van der Waals surface area contributed by atoms with Crippen LogP contribution in [0.2, 0.25) is 0 Å². The number of imide groups is 1. The molecule has 2 amide bonds. The number of hydrogen-bond acceptors (Lipinski definition) is 4. The quantitative estimate of drug-likeness (QED) is 0.400. The number of nitro benzene ring substituents is 1. The zero-order valence-corrected chi connectivity index (χ0v) is 14.2. The second-order valence-electron chi connectivity index (χ2n) is 6.21. The topological polar surface area (TPSA) is 80.5 Å². The number of carbonyl (C=O) groups is 2. The fourth-order valence-electron chi connectivity index (χ4n) is 3.23. The molecule has 4 rings (SSSR count). The minimum absolute atomic E-state index is 0.118. The maximum atomic E-state index is 12.5. The first-order valence-corrected chi connectivity index (χ1v) is 8.34. The van der Waals surface area contributed by atoms with Crippen molar-refractivity contribution in [3.63, 3.8) is 0 Å². The van der Waals surface area contributed by atoms with Gasteiger partial charge in [-0.15, -0.1) is 0 Å². The van der Waals surface area contributed by atoms with Gasteiger partial charge in [-0.2, -0.15) is 0 Å². The first-order chi connectivity index (χ1) is 13.1. The van der Waals surface area contributed by atoms with E-state index in [1.165, 1.54) is 6.07 Å². The van der Waals surface area contributed by atoms with Crippen LogP contribution in [0.25, 0.3) is 11.1 Å². The van der Waals surface area contributed by atoms with E-state index in [1.807, 2.05) is 30.3 Å². The maximum Gasteiger partial charge on any atom is 0.275 e. The molecular weight excluding hydrogens is 344 g/mol. The third-order valence-electron chi connectivity index (χ3n) is 4.60. The van der Waals surface area contributed by atoms with E-state index in [0.717, 1.165) is 10.5 Å². The van der Waals surface area contributed by atoms with Crippen molar-refractivity contribution in [1.82, 2.24) is 4.90 Å². The van der Waals surface area contributed by atoms with Crippen molar-refractivity contribution >= 4 is 17.5 Å². The Labute approximate surface area is 154 Å². The molecule has 0 atom stereocenters. The Bertz CT molecular complexity index is 1040. The Morgan fingerprint density at radius 3 is 1.96 bits per heavy atom. The highest BCUT2D eigenvalue weighted by atomic mass is 16.6. The van der Waals surface area contributed by atoms with Crippen LogP contribution in [-0.4, -0.2) is 21.6 Å². The van der Waals surface area contributed by atoms with E-state index in [1.54, 1.807) is 36.4 Å². The molecule has 0 fully saturated rings. The monoisotopic (exact) mass is 358 g/mol. The molecule has 0 bridgehead atoms. The molecule has 0 aromatic heterocycles. The van der Waals surface area contributed by atoms with E-state index in [-0.39, 0.29) is 12.2 Å². The number of hydrogen-bond donors (Lipinski definition) is 0. The second-order valence-corrected chi connectivity index (χ2v) is 6.21. The maximum absolute atomic E-state index is 12.5. The number of rotatable bonds is 4. The summed E-state index contributed by atoms with van der Waals surface area (Å²) in [7, 11) is 0. The lowest BCUT2D eigenvalue weighted by Gasteiger charge is -2.14. The normalized spacial score (nSPS) is 13.0. The minimum Gasteiger partial charge on any atom is -0.270 e. The van der Waals surface area contributed by atoms with E-state index in [0.29, 0.717) is 22.3 Å². The fraction of sp³-hybridized carbons (Fsp3) is 0.0476. The van der Waals surface area contributed by atoms with E-state index in [4.69, 9.17) is 0 Å². The Morgan fingerprint density at radius 1 is 0.778 bits per heavy atom. The van der Waals surface area contributed by atoms with E-state index < -0.39 is 16.7 Å². The smallest absolute Gasteiger partial charge is 0.270 e. The Morgan fingerprint density at radius 2 is 1.37 bits per heavy atom. The molecule has 0 N–H and O–H groups in total. The van der Waals surface area contributed by atoms with E-state index in [9.17, 15) is 19.7 Å². The summed E-state index contributed by atoms with van der Waals surface area (Å²) in [5, 5.41) is 11.6. The lowest BCUT2D eigenvalue weighted by atomic mass is 10.0. The molecular formula is C21H14N2O4. The SMILES string of the molecule is O=C1c2ccccc2C(=O)N1Cc1ccc(-c2ccccc2)cc1[N+](=O)[O-]. The van der Waals surface area contributed by atoms with Crippen LogP contribution in [0.4, 0.5) is 5.69 Å². The Hall–Kier alpha value is -3.80. The first-order valence-electron chi connectivity index (χ1n) is 8.34. The molecule has 1 aliphatic heterocycles. The van der Waals surface area contributed by atoms with Gasteiger partial charge in [0.05, 0.1) is 22.6 Å². The van der Waals surface area contributed by atoms with Crippen LogP contribution in [0.3, 0.4) is 0 Å². The summed E-state index contributed by atoms with van der Waals surface area (Å²) in [5.74, 6) is -0.867. The van der Waals surface area contributed by atoms with Crippen LogP contribution in [0, 0.1) is 10.1 Å². The number of carbonyl (C=O) groups excluding carboxylic acids is 2. The van der Waals surface area contributed by atoms with Gasteiger partial charge in [0.25, 0.3) is 17.5 Å². The fourth-order valence-corrected chi connectivity index (χ4v) is 3.23. The zero-order chi connectivity index (χ0) is 19.0. The summed E-state index contributed by atoms with van der Waals surface area (Å²) >= 11 is 0. The zero-order valence-electron chi connectivity index (χ0n) is 14.2. The van der Waals surface area contributed by atoms with E-state index in [2.05, 4.69) is 0 Å². The lowest BCUT2D eigenvalue weighted by molar-refractivity contribution is -0.385. The van der Waals surface area contributed by atoms with E-state index >= 15 is 0 Å². The van der Waals surface area contributed by atoms with Crippen molar-refractivity contribution in [3.05, 3.63) is 99.6 Å². The number of benzene rings is 3. The van der Waals surface area contributed by atoms with Crippen molar-refractivity contribution in [2.45, 2.75) is 6.54 Å². The van der Waals surface area contributed by atoms with Crippen LogP contribution in [0.1, 0.15) is 26.3 Å². The molecule has 1 aliphatic rings.